The van der Waals surface area contributed by atoms with E-state index in [0.29, 0.717) is 11.1 Å². The van der Waals surface area contributed by atoms with Crippen molar-refractivity contribution in [1.29, 1.82) is 5.26 Å². The predicted octanol–water partition coefficient (Wildman–Crippen LogP) is 1.21. The van der Waals surface area contributed by atoms with Crippen molar-refractivity contribution in [1.82, 2.24) is 0 Å². The highest BCUT2D eigenvalue weighted by molar-refractivity contribution is 7.90. The highest BCUT2D eigenvalue weighted by atomic mass is 32.2. The minimum absolute atomic E-state index is 0.158. The molecule has 0 saturated heterocycles. The summed E-state index contributed by atoms with van der Waals surface area (Å²) < 4.78 is 23.9. The van der Waals surface area contributed by atoms with Crippen LogP contribution in [0.15, 0.2) is 24.8 Å². The molecule has 0 spiro atoms. The van der Waals surface area contributed by atoms with Crippen molar-refractivity contribution in [2.45, 2.75) is 6.92 Å². The number of nitriles is 1. The van der Waals surface area contributed by atoms with E-state index in [1.165, 1.54) is 6.07 Å². The van der Waals surface area contributed by atoms with Crippen LogP contribution in [0.3, 0.4) is 0 Å². The zero-order chi connectivity index (χ0) is 12.3. The summed E-state index contributed by atoms with van der Waals surface area (Å²) in [4.78, 5) is 0. The summed E-state index contributed by atoms with van der Waals surface area (Å²) >= 11 is 0. The average molecular weight is 237 g/mol. The van der Waals surface area contributed by atoms with Gasteiger partial charge in [0, 0.05) is 0 Å². The third-order valence-corrected chi connectivity index (χ3v) is 2.39. The minimum atomic E-state index is -3.88. The molecule has 0 unspecified atom stereocenters. The molecule has 1 aromatic rings. The Bertz CT molecular complexity index is 570. The molecule has 0 fully saturated rings. The molecule has 84 valence electrons. The fourth-order valence-electron chi connectivity index (χ4n) is 1.27. The smallest absolute Gasteiger partial charge is 0.270 e. The zero-order valence-corrected chi connectivity index (χ0v) is 9.50. The summed E-state index contributed by atoms with van der Waals surface area (Å²) in [6.45, 7) is 5.45. The molecule has 1 aromatic carbocycles. The number of nitrogens with one attached hydrogen (secondary N) is 1. The average Bonchev–Trinajstić information content (AvgIpc) is 2.14. The second kappa shape index (κ2) is 4.35. The van der Waals surface area contributed by atoms with Gasteiger partial charge in [-0.1, -0.05) is 18.7 Å². The second-order valence-electron chi connectivity index (χ2n) is 3.27. The van der Waals surface area contributed by atoms with Crippen molar-refractivity contribution in [3.05, 3.63) is 35.9 Å². The van der Waals surface area contributed by atoms with Crippen molar-refractivity contribution < 1.29 is 8.42 Å². The summed E-state index contributed by atoms with van der Waals surface area (Å²) in [5.74, 6) is 0. The van der Waals surface area contributed by atoms with Crippen LogP contribution in [0.2, 0.25) is 0 Å². The topological polar surface area (TPSA) is 96.0 Å². The van der Waals surface area contributed by atoms with Crippen LogP contribution < -0.4 is 9.86 Å². The summed E-state index contributed by atoms with van der Waals surface area (Å²) in [6, 6.07) is 6.71. The molecule has 0 aromatic heterocycles. The second-order valence-corrected chi connectivity index (χ2v) is 4.56. The van der Waals surface area contributed by atoms with Gasteiger partial charge in [-0.15, -0.1) is 0 Å². The molecule has 0 radical (unpaired) electrons. The molecule has 5 nitrogen and oxygen atoms in total. The van der Waals surface area contributed by atoms with Gasteiger partial charge in [-0.2, -0.15) is 13.7 Å². The van der Waals surface area contributed by atoms with Crippen LogP contribution in [0, 0.1) is 11.3 Å². The van der Waals surface area contributed by atoms with Gasteiger partial charge in [0.1, 0.15) is 6.07 Å². The van der Waals surface area contributed by atoms with Crippen molar-refractivity contribution in [3.63, 3.8) is 0 Å². The molecule has 0 atom stereocenters. The Hall–Kier alpha value is -1.84. The molecule has 0 bridgehead atoms. The number of nitrogens with zero attached hydrogens (tertiary/aromatic N) is 1. The molecule has 0 aliphatic rings. The summed E-state index contributed by atoms with van der Waals surface area (Å²) in [5, 5.41) is 13.8. The highest BCUT2D eigenvalue weighted by Gasteiger charge is 2.11. The van der Waals surface area contributed by atoms with Crippen molar-refractivity contribution in [2.24, 2.45) is 5.14 Å². The van der Waals surface area contributed by atoms with Gasteiger partial charge >= 0.3 is 0 Å². The highest BCUT2D eigenvalue weighted by Crippen LogP contribution is 2.24. The van der Waals surface area contributed by atoms with Gasteiger partial charge in [-0.05, 0) is 24.1 Å². The number of rotatable bonds is 3. The van der Waals surface area contributed by atoms with Crippen LogP contribution in [0.1, 0.15) is 18.1 Å². The maximum Gasteiger partial charge on any atom is 0.296 e. The number of anilines is 1. The quantitative estimate of drug-likeness (QED) is 0.826. The van der Waals surface area contributed by atoms with E-state index in [1.807, 2.05) is 6.07 Å². The molecule has 0 heterocycles. The number of nitrogens with two attached hydrogens (primary N) is 1. The fraction of sp³-hybridized carbons (Fsp3) is 0.100. The Morgan fingerprint density at radius 1 is 1.56 bits per heavy atom. The van der Waals surface area contributed by atoms with Gasteiger partial charge in [0.25, 0.3) is 10.2 Å². The first-order chi connectivity index (χ1) is 7.35. The maximum absolute atomic E-state index is 10.9. The lowest BCUT2D eigenvalue weighted by Crippen LogP contribution is -2.22. The Balaban J connectivity index is 3.37. The number of benzene rings is 1. The Kier molecular flexibility index (Phi) is 3.32. The van der Waals surface area contributed by atoms with E-state index < -0.39 is 10.2 Å². The molecular formula is C10H11N3O2S. The Morgan fingerprint density at radius 2 is 2.19 bits per heavy atom. The maximum atomic E-state index is 10.9. The van der Waals surface area contributed by atoms with Gasteiger partial charge in [-0.25, -0.2) is 5.14 Å². The van der Waals surface area contributed by atoms with E-state index in [1.54, 1.807) is 19.1 Å². The Labute approximate surface area is 94.4 Å². The van der Waals surface area contributed by atoms with Gasteiger partial charge in [0.2, 0.25) is 0 Å². The third-order valence-electron chi connectivity index (χ3n) is 1.89. The molecule has 0 aliphatic carbocycles. The molecule has 3 N–H and O–H groups in total. The van der Waals surface area contributed by atoms with Crippen LogP contribution in [-0.2, 0) is 10.2 Å². The van der Waals surface area contributed by atoms with Gasteiger partial charge in [0.05, 0.1) is 11.3 Å². The first-order valence-electron chi connectivity index (χ1n) is 4.34. The predicted molar refractivity (Wildman–Crippen MR) is 62.6 cm³/mol. The number of hydrogen-bond donors (Lipinski definition) is 2. The van der Waals surface area contributed by atoms with Gasteiger partial charge < -0.3 is 0 Å². The Morgan fingerprint density at radius 3 is 2.62 bits per heavy atom. The minimum Gasteiger partial charge on any atom is -0.270 e. The molecular weight excluding hydrogens is 226 g/mol. The first kappa shape index (κ1) is 12.2. The van der Waals surface area contributed by atoms with Crippen molar-refractivity contribution >= 4 is 21.5 Å². The summed E-state index contributed by atoms with van der Waals surface area (Å²) in [7, 11) is -3.88. The first-order valence-corrected chi connectivity index (χ1v) is 5.89. The van der Waals surface area contributed by atoms with E-state index in [0.717, 1.165) is 0 Å². The largest absolute Gasteiger partial charge is 0.296 e. The van der Waals surface area contributed by atoms with Crippen LogP contribution in [0.25, 0.3) is 5.57 Å². The molecule has 6 heteroatoms. The summed E-state index contributed by atoms with van der Waals surface area (Å²) in [6.07, 6.45) is 0. The summed E-state index contributed by atoms with van der Waals surface area (Å²) in [5.41, 5.74) is 1.64. The lowest BCUT2D eigenvalue weighted by molar-refractivity contribution is 0.603. The molecule has 0 amide bonds. The van der Waals surface area contributed by atoms with Crippen molar-refractivity contribution in [3.8, 4) is 6.07 Å². The fourth-order valence-corrected chi connectivity index (χ4v) is 1.74. The molecule has 16 heavy (non-hydrogen) atoms. The SMILES string of the molecule is C=C(C)c1cccc(NS(N)(=O)=O)c1C#N. The van der Waals surface area contributed by atoms with E-state index in [-0.39, 0.29) is 11.3 Å². The standard InChI is InChI=1S/C10H11N3O2S/c1-7(2)8-4-3-5-10(9(8)6-11)13-16(12,14)15/h3-5,13H,1H2,2H3,(H2,12,14,15). The number of allylic oxidation sites excluding steroid dienone is 1. The zero-order valence-electron chi connectivity index (χ0n) is 8.69. The monoisotopic (exact) mass is 237 g/mol. The van der Waals surface area contributed by atoms with E-state index in [4.69, 9.17) is 10.4 Å². The van der Waals surface area contributed by atoms with Gasteiger partial charge in [0.15, 0.2) is 0 Å². The molecule has 0 aliphatic heterocycles. The van der Waals surface area contributed by atoms with E-state index in [2.05, 4.69) is 11.3 Å². The molecule has 1 rings (SSSR count). The van der Waals surface area contributed by atoms with Crippen LogP contribution in [0.5, 0.6) is 0 Å². The van der Waals surface area contributed by atoms with E-state index in [9.17, 15) is 8.42 Å². The lowest BCUT2D eigenvalue weighted by atomic mass is 10.0. The van der Waals surface area contributed by atoms with Crippen LogP contribution >= 0.6 is 0 Å². The number of hydrogen-bond acceptors (Lipinski definition) is 3. The van der Waals surface area contributed by atoms with Crippen LogP contribution in [0.4, 0.5) is 5.69 Å². The lowest BCUT2D eigenvalue weighted by Gasteiger charge is -2.09. The van der Waals surface area contributed by atoms with Gasteiger partial charge in [-0.3, -0.25) is 4.72 Å². The molecule has 0 saturated carbocycles. The van der Waals surface area contributed by atoms with Crippen LogP contribution in [-0.4, -0.2) is 8.42 Å². The van der Waals surface area contributed by atoms with Crippen molar-refractivity contribution in [2.75, 3.05) is 4.72 Å². The third kappa shape index (κ3) is 2.82. The normalized spacial score (nSPS) is 10.6. The van der Waals surface area contributed by atoms with E-state index >= 15 is 0 Å².